The number of ether oxygens (including phenoxy) is 1. The van der Waals surface area contributed by atoms with Crippen LogP contribution >= 0.6 is 0 Å². The fraction of sp³-hybridized carbons (Fsp3) is 0.391. The van der Waals surface area contributed by atoms with Crippen molar-refractivity contribution in [2.24, 2.45) is 0 Å². The number of aryl methyl sites for hydroxylation is 1. The van der Waals surface area contributed by atoms with E-state index in [1.54, 1.807) is 18.0 Å². The number of urea groups is 1. The number of rotatable bonds is 6. The Labute approximate surface area is 187 Å². The number of amides is 2. The quantitative estimate of drug-likeness (QED) is 0.595. The third-order valence-corrected chi connectivity index (χ3v) is 5.46. The minimum absolute atomic E-state index is 0.111. The molecule has 3 heterocycles. The molecule has 1 saturated heterocycles. The number of imidazole rings is 1. The first-order chi connectivity index (χ1) is 15.5. The van der Waals surface area contributed by atoms with Crippen molar-refractivity contribution in [3.63, 3.8) is 0 Å². The van der Waals surface area contributed by atoms with E-state index in [0.717, 1.165) is 35.8 Å². The summed E-state index contributed by atoms with van der Waals surface area (Å²) in [4.78, 5) is 37.2. The number of hydrogen-bond acceptors (Lipinski definition) is 6. The maximum Gasteiger partial charge on any atom is 0.325 e. The first-order valence-electron chi connectivity index (χ1n) is 10.9. The maximum atomic E-state index is 12.3. The molecule has 0 aliphatic carbocycles. The summed E-state index contributed by atoms with van der Waals surface area (Å²) in [5.74, 6) is 0.493. The monoisotopic (exact) mass is 436 g/mol. The van der Waals surface area contributed by atoms with E-state index in [9.17, 15) is 9.59 Å². The Hall–Kier alpha value is -3.46. The molecule has 2 amide bonds. The van der Waals surface area contributed by atoms with Crippen LogP contribution in [0.4, 0.5) is 4.79 Å². The number of benzene rings is 1. The van der Waals surface area contributed by atoms with E-state index < -0.39 is 5.97 Å². The van der Waals surface area contributed by atoms with Crippen LogP contribution in [0.3, 0.4) is 0 Å². The van der Waals surface area contributed by atoms with Crippen molar-refractivity contribution in [3.05, 3.63) is 54.0 Å². The Morgan fingerprint density at radius 3 is 2.69 bits per heavy atom. The molecule has 0 unspecified atom stereocenters. The van der Waals surface area contributed by atoms with Gasteiger partial charge in [0.25, 0.3) is 0 Å². The molecule has 9 nitrogen and oxygen atoms in total. The molecule has 1 N–H and O–H groups in total. The Morgan fingerprint density at radius 1 is 1.12 bits per heavy atom. The Bertz CT molecular complexity index is 1100. The number of esters is 1. The predicted octanol–water partition coefficient (Wildman–Crippen LogP) is 2.12. The Kier molecular flexibility index (Phi) is 6.65. The zero-order valence-electron chi connectivity index (χ0n) is 18.5. The van der Waals surface area contributed by atoms with Crippen molar-refractivity contribution < 1.29 is 14.3 Å². The van der Waals surface area contributed by atoms with Crippen LogP contribution in [0.15, 0.2) is 42.6 Å². The van der Waals surface area contributed by atoms with Crippen molar-refractivity contribution in [1.82, 2.24) is 29.7 Å². The SMILES string of the molecule is CCOC(=O)CNC(=O)N1CCN(Cc2nc3cccnc3n2-c2cccc(C)c2)CC1. The molecule has 2 aromatic heterocycles. The van der Waals surface area contributed by atoms with Gasteiger partial charge in [0, 0.05) is 38.1 Å². The molecule has 0 radical (unpaired) electrons. The first kappa shape index (κ1) is 21.8. The zero-order chi connectivity index (χ0) is 22.5. The first-order valence-corrected chi connectivity index (χ1v) is 10.9. The van der Waals surface area contributed by atoms with E-state index in [1.165, 1.54) is 5.56 Å². The number of hydrogen-bond donors (Lipinski definition) is 1. The lowest BCUT2D eigenvalue weighted by Crippen LogP contribution is -2.52. The molecule has 0 bridgehead atoms. The number of pyridine rings is 1. The molecule has 0 atom stereocenters. The highest BCUT2D eigenvalue weighted by atomic mass is 16.5. The van der Waals surface area contributed by atoms with E-state index in [2.05, 4.69) is 44.9 Å². The van der Waals surface area contributed by atoms with E-state index in [-0.39, 0.29) is 12.6 Å². The second-order valence-electron chi connectivity index (χ2n) is 7.78. The van der Waals surface area contributed by atoms with Gasteiger partial charge in [0.15, 0.2) is 5.65 Å². The van der Waals surface area contributed by atoms with Gasteiger partial charge in [-0.3, -0.25) is 14.3 Å². The summed E-state index contributed by atoms with van der Waals surface area (Å²) >= 11 is 0. The van der Waals surface area contributed by atoms with E-state index >= 15 is 0 Å². The number of fused-ring (bicyclic) bond motifs is 1. The molecular weight excluding hydrogens is 408 g/mol. The average Bonchev–Trinajstić information content (AvgIpc) is 3.16. The van der Waals surface area contributed by atoms with Crippen LogP contribution in [0.5, 0.6) is 0 Å². The second kappa shape index (κ2) is 9.78. The molecule has 32 heavy (non-hydrogen) atoms. The molecule has 168 valence electrons. The van der Waals surface area contributed by atoms with Gasteiger partial charge in [-0.1, -0.05) is 12.1 Å². The van der Waals surface area contributed by atoms with Gasteiger partial charge in [0.1, 0.15) is 17.9 Å². The fourth-order valence-electron chi connectivity index (χ4n) is 3.88. The van der Waals surface area contributed by atoms with E-state index in [0.29, 0.717) is 26.2 Å². The number of nitrogens with zero attached hydrogens (tertiary/aromatic N) is 5. The van der Waals surface area contributed by atoms with E-state index in [4.69, 9.17) is 9.72 Å². The van der Waals surface area contributed by atoms with Crippen LogP contribution in [0, 0.1) is 6.92 Å². The lowest BCUT2D eigenvalue weighted by atomic mass is 10.2. The highest BCUT2D eigenvalue weighted by Crippen LogP contribution is 2.22. The highest BCUT2D eigenvalue weighted by molar-refractivity contribution is 5.81. The molecule has 0 saturated carbocycles. The number of piperazine rings is 1. The van der Waals surface area contributed by atoms with Crippen LogP contribution in [0.2, 0.25) is 0 Å². The fourth-order valence-corrected chi connectivity index (χ4v) is 3.88. The van der Waals surface area contributed by atoms with Gasteiger partial charge in [-0.05, 0) is 43.7 Å². The summed E-state index contributed by atoms with van der Waals surface area (Å²) in [6.07, 6.45) is 1.79. The van der Waals surface area contributed by atoms with Crippen molar-refractivity contribution >= 4 is 23.2 Å². The highest BCUT2D eigenvalue weighted by Gasteiger charge is 2.23. The second-order valence-corrected chi connectivity index (χ2v) is 7.78. The zero-order valence-corrected chi connectivity index (χ0v) is 18.5. The van der Waals surface area contributed by atoms with Gasteiger partial charge >= 0.3 is 12.0 Å². The summed E-state index contributed by atoms with van der Waals surface area (Å²) in [6, 6.07) is 11.9. The predicted molar refractivity (Wildman–Crippen MR) is 120 cm³/mol. The molecule has 1 aliphatic heterocycles. The summed E-state index contributed by atoms with van der Waals surface area (Å²) in [5, 5.41) is 2.62. The molecule has 4 rings (SSSR count). The normalized spacial score (nSPS) is 14.5. The molecular formula is C23H28N6O3. The molecule has 1 aliphatic rings. The Balaban J connectivity index is 1.43. The van der Waals surface area contributed by atoms with Crippen molar-refractivity contribution in [3.8, 4) is 5.69 Å². The maximum absolute atomic E-state index is 12.3. The largest absolute Gasteiger partial charge is 0.465 e. The lowest BCUT2D eigenvalue weighted by Gasteiger charge is -2.34. The van der Waals surface area contributed by atoms with Crippen LogP contribution in [-0.2, 0) is 16.1 Å². The number of nitrogens with one attached hydrogen (secondary N) is 1. The van der Waals surface area contributed by atoms with Gasteiger partial charge < -0.3 is 15.0 Å². The smallest absolute Gasteiger partial charge is 0.325 e. The molecule has 9 heteroatoms. The molecule has 3 aromatic rings. The summed E-state index contributed by atoms with van der Waals surface area (Å²) < 4.78 is 6.96. The molecule has 1 fully saturated rings. The minimum Gasteiger partial charge on any atom is -0.465 e. The number of carbonyl (C=O) groups is 2. The lowest BCUT2D eigenvalue weighted by molar-refractivity contribution is -0.141. The standard InChI is InChI=1S/C23H28N6O3/c1-3-32-21(30)15-25-23(31)28-12-10-27(11-13-28)16-20-26-19-8-5-9-24-22(19)29(20)18-7-4-6-17(2)14-18/h4-9,14H,3,10-13,15-16H2,1-2H3,(H,25,31). The molecule has 0 spiro atoms. The third kappa shape index (κ3) is 4.88. The molecule has 1 aromatic carbocycles. The number of carbonyl (C=O) groups excluding carboxylic acids is 2. The Morgan fingerprint density at radius 2 is 1.94 bits per heavy atom. The van der Waals surface area contributed by atoms with Gasteiger partial charge in [-0.25, -0.2) is 14.8 Å². The van der Waals surface area contributed by atoms with Crippen LogP contribution in [0.25, 0.3) is 16.9 Å². The van der Waals surface area contributed by atoms with Gasteiger partial charge in [-0.15, -0.1) is 0 Å². The topological polar surface area (TPSA) is 92.6 Å². The van der Waals surface area contributed by atoms with Gasteiger partial charge in [0.2, 0.25) is 0 Å². The minimum atomic E-state index is -0.428. The van der Waals surface area contributed by atoms with Crippen LogP contribution < -0.4 is 5.32 Å². The van der Waals surface area contributed by atoms with Crippen molar-refractivity contribution in [2.45, 2.75) is 20.4 Å². The van der Waals surface area contributed by atoms with Crippen LogP contribution in [-0.4, -0.2) is 75.7 Å². The van der Waals surface area contributed by atoms with Crippen LogP contribution in [0.1, 0.15) is 18.3 Å². The van der Waals surface area contributed by atoms with Gasteiger partial charge in [-0.2, -0.15) is 0 Å². The van der Waals surface area contributed by atoms with Crippen molar-refractivity contribution in [1.29, 1.82) is 0 Å². The summed E-state index contributed by atoms with van der Waals surface area (Å²) in [7, 11) is 0. The number of aromatic nitrogens is 3. The third-order valence-electron chi connectivity index (χ3n) is 5.46. The van der Waals surface area contributed by atoms with E-state index in [1.807, 2.05) is 18.2 Å². The average molecular weight is 437 g/mol. The van der Waals surface area contributed by atoms with Crippen molar-refractivity contribution in [2.75, 3.05) is 39.3 Å². The summed E-state index contributed by atoms with van der Waals surface area (Å²) in [6.45, 7) is 7.26. The van der Waals surface area contributed by atoms with Gasteiger partial charge in [0.05, 0.1) is 13.2 Å². The summed E-state index contributed by atoms with van der Waals surface area (Å²) in [5.41, 5.74) is 3.91.